The summed E-state index contributed by atoms with van der Waals surface area (Å²) in [6, 6.07) is 10.1. The topological polar surface area (TPSA) is 43.1 Å². The number of benzene rings is 2. The summed E-state index contributed by atoms with van der Waals surface area (Å²) < 4.78 is 26.0. The van der Waals surface area contributed by atoms with Crippen molar-refractivity contribution >= 4 is 32.4 Å². The third-order valence-corrected chi connectivity index (χ3v) is 5.05. The van der Waals surface area contributed by atoms with Crippen molar-refractivity contribution in [2.45, 2.75) is 17.6 Å². The first-order valence-corrected chi connectivity index (χ1v) is 7.77. The van der Waals surface area contributed by atoms with Crippen LogP contribution >= 0.6 is 15.9 Å². The van der Waals surface area contributed by atoms with Crippen LogP contribution in [0.1, 0.15) is 11.1 Å². The molecule has 0 bridgehead atoms. The molecule has 0 saturated heterocycles. The van der Waals surface area contributed by atoms with Gasteiger partial charge in [-0.05, 0) is 52.2 Å². The van der Waals surface area contributed by atoms with Crippen LogP contribution in [0.3, 0.4) is 0 Å². The molecule has 5 heteroatoms. The molecule has 2 rings (SSSR count). The molecule has 0 spiro atoms. The summed E-state index contributed by atoms with van der Waals surface area (Å²) in [5, 5.41) is 0. The molecule has 1 atom stereocenters. The molecule has 0 amide bonds. The molecule has 19 heavy (non-hydrogen) atoms. The third kappa shape index (κ3) is 3.22. The van der Waals surface area contributed by atoms with Crippen LogP contribution in [-0.2, 0) is 16.6 Å². The Labute approximate surface area is 122 Å². The number of nitrogen functional groups attached to an aromatic ring is 1. The highest BCUT2D eigenvalue weighted by Gasteiger charge is 2.12. The summed E-state index contributed by atoms with van der Waals surface area (Å²) in [7, 11) is -1.29. The van der Waals surface area contributed by atoms with Crippen LogP contribution in [0.2, 0.25) is 0 Å². The number of hydrogen-bond donors (Lipinski definition) is 1. The van der Waals surface area contributed by atoms with Gasteiger partial charge in [-0.1, -0.05) is 18.2 Å². The molecule has 0 aliphatic rings. The molecule has 2 aromatic rings. The Bertz CT molecular complexity index is 645. The molecular formula is C14H13BrFNOS. The van der Waals surface area contributed by atoms with Crippen molar-refractivity contribution in [3.63, 3.8) is 0 Å². The van der Waals surface area contributed by atoms with E-state index >= 15 is 0 Å². The zero-order chi connectivity index (χ0) is 14.0. The fourth-order valence-corrected chi connectivity index (χ4v) is 3.56. The van der Waals surface area contributed by atoms with Crippen molar-refractivity contribution in [2.24, 2.45) is 0 Å². The molecular weight excluding hydrogens is 329 g/mol. The SMILES string of the molecule is Cc1ccc(S(=O)Cc2cccc(F)c2Br)c(N)c1. The molecule has 0 aromatic heterocycles. The Balaban J connectivity index is 2.28. The van der Waals surface area contributed by atoms with Gasteiger partial charge in [0.15, 0.2) is 0 Å². The fraction of sp³-hybridized carbons (Fsp3) is 0.143. The van der Waals surface area contributed by atoms with Gasteiger partial charge in [-0.25, -0.2) is 4.39 Å². The normalized spacial score (nSPS) is 12.4. The Morgan fingerprint density at radius 2 is 2.05 bits per heavy atom. The maximum absolute atomic E-state index is 13.4. The van der Waals surface area contributed by atoms with E-state index in [1.165, 1.54) is 6.07 Å². The van der Waals surface area contributed by atoms with Crippen LogP contribution in [0.15, 0.2) is 45.8 Å². The third-order valence-electron chi connectivity index (χ3n) is 2.73. The average molecular weight is 342 g/mol. The summed E-state index contributed by atoms with van der Waals surface area (Å²) in [6.45, 7) is 1.92. The molecule has 100 valence electrons. The van der Waals surface area contributed by atoms with Gasteiger partial charge in [-0.2, -0.15) is 0 Å². The molecule has 1 unspecified atom stereocenters. The van der Waals surface area contributed by atoms with Crippen LogP contribution in [0.25, 0.3) is 0 Å². The van der Waals surface area contributed by atoms with Gasteiger partial charge >= 0.3 is 0 Å². The minimum Gasteiger partial charge on any atom is -0.398 e. The molecule has 0 heterocycles. The average Bonchev–Trinajstić information content (AvgIpc) is 2.34. The second kappa shape index (κ2) is 5.84. The molecule has 2 aromatic carbocycles. The fourth-order valence-electron chi connectivity index (χ4n) is 1.75. The van der Waals surface area contributed by atoms with E-state index in [0.717, 1.165) is 5.56 Å². The highest BCUT2D eigenvalue weighted by molar-refractivity contribution is 9.10. The quantitative estimate of drug-likeness (QED) is 0.863. The minimum atomic E-state index is -1.29. The predicted octanol–water partition coefficient (Wildman–Crippen LogP) is 3.79. The Kier molecular flexibility index (Phi) is 4.37. The largest absolute Gasteiger partial charge is 0.398 e. The maximum Gasteiger partial charge on any atom is 0.137 e. The standard InChI is InChI=1S/C14H13BrFNOS/c1-9-5-6-13(12(17)7-9)19(18)8-10-3-2-4-11(16)14(10)15/h2-7H,8,17H2,1H3. The zero-order valence-electron chi connectivity index (χ0n) is 10.3. The summed E-state index contributed by atoms with van der Waals surface area (Å²) in [5.41, 5.74) is 8.05. The molecule has 0 aliphatic carbocycles. The predicted molar refractivity (Wildman–Crippen MR) is 79.8 cm³/mol. The summed E-state index contributed by atoms with van der Waals surface area (Å²) >= 11 is 3.17. The molecule has 0 radical (unpaired) electrons. The Morgan fingerprint density at radius 1 is 1.32 bits per heavy atom. The van der Waals surface area contributed by atoms with E-state index in [2.05, 4.69) is 15.9 Å². The van der Waals surface area contributed by atoms with Crippen molar-refractivity contribution in [3.8, 4) is 0 Å². The van der Waals surface area contributed by atoms with Gasteiger partial charge in [0.1, 0.15) is 5.82 Å². The van der Waals surface area contributed by atoms with Crippen molar-refractivity contribution in [1.29, 1.82) is 0 Å². The highest BCUT2D eigenvalue weighted by atomic mass is 79.9. The van der Waals surface area contributed by atoms with E-state index in [9.17, 15) is 8.60 Å². The van der Waals surface area contributed by atoms with E-state index < -0.39 is 10.8 Å². The number of nitrogens with two attached hydrogens (primary N) is 1. The summed E-state index contributed by atoms with van der Waals surface area (Å²) in [4.78, 5) is 0.585. The van der Waals surface area contributed by atoms with Crippen LogP contribution in [0.4, 0.5) is 10.1 Å². The lowest BCUT2D eigenvalue weighted by Crippen LogP contribution is -2.02. The van der Waals surface area contributed by atoms with Gasteiger partial charge in [0.05, 0.1) is 25.9 Å². The first-order chi connectivity index (χ1) is 8.99. The first kappa shape index (κ1) is 14.2. The van der Waals surface area contributed by atoms with Crippen molar-refractivity contribution < 1.29 is 8.60 Å². The zero-order valence-corrected chi connectivity index (χ0v) is 12.7. The Hall–Kier alpha value is -1.20. The lowest BCUT2D eigenvalue weighted by atomic mass is 10.2. The number of halogens is 2. The van der Waals surface area contributed by atoms with Gasteiger partial charge in [0.2, 0.25) is 0 Å². The molecule has 0 fully saturated rings. The molecule has 0 aliphatic heterocycles. The minimum absolute atomic E-state index is 0.228. The maximum atomic E-state index is 13.4. The van der Waals surface area contributed by atoms with E-state index in [1.54, 1.807) is 24.3 Å². The van der Waals surface area contributed by atoms with E-state index in [4.69, 9.17) is 5.73 Å². The van der Waals surface area contributed by atoms with Crippen molar-refractivity contribution in [2.75, 3.05) is 5.73 Å². The molecule has 2 nitrogen and oxygen atoms in total. The van der Waals surface area contributed by atoms with Crippen LogP contribution in [0.5, 0.6) is 0 Å². The first-order valence-electron chi connectivity index (χ1n) is 5.66. The van der Waals surface area contributed by atoms with Crippen LogP contribution in [-0.4, -0.2) is 4.21 Å². The van der Waals surface area contributed by atoms with E-state index in [0.29, 0.717) is 20.6 Å². The van der Waals surface area contributed by atoms with Crippen LogP contribution in [0, 0.1) is 12.7 Å². The second-order valence-corrected chi connectivity index (χ2v) is 6.46. The van der Waals surface area contributed by atoms with E-state index in [1.807, 2.05) is 13.0 Å². The molecule has 0 saturated carbocycles. The number of hydrogen-bond acceptors (Lipinski definition) is 2. The lowest BCUT2D eigenvalue weighted by molar-refractivity contribution is 0.619. The van der Waals surface area contributed by atoms with Gasteiger partial charge in [-0.3, -0.25) is 4.21 Å². The van der Waals surface area contributed by atoms with Crippen molar-refractivity contribution in [1.82, 2.24) is 0 Å². The Morgan fingerprint density at radius 3 is 2.74 bits per heavy atom. The smallest absolute Gasteiger partial charge is 0.137 e. The number of aryl methyl sites for hydroxylation is 1. The highest BCUT2D eigenvalue weighted by Crippen LogP contribution is 2.25. The lowest BCUT2D eigenvalue weighted by Gasteiger charge is -2.08. The summed E-state index contributed by atoms with van der Waals surface area (Å²) in [6.07, 6.45) is 0. The monoisotopic (exact) mass is 341 g/mol. The van der Waals surface area contributed by atoms with Crippen molar-refractivity contribution in [3.05, 3.63) is 57.8 Å². The van der Waals surface area contributed by atoms with Gasteiger partial charge < -0.3 is 5.73 Å². The second-order valence-electron chi connectivity index (χ2n) is 4.24. The van der Waals surface area contributed by atoms with Gasteiger partial charge in [0, 0.05) is 5.69 Å². The van der Waals surface area contributed by atoms with Gasteiger partial charge in [0.25, 0.3) is 0 Å². The molecule has 2 N–H and O–H groups in total. The van der Waals surface area contributed by atoms with Crippen LogP contribution < -0.4 is 5.73 Å². The number of rotatable bonds is 3. The van der Waals surface area contributed by atoms with E-state index in [-0.39, 0.29) is 11.6 Å². The summed E-state index contributed by atoms with van der Waals surface area (Å²) in [5.74, 6) is -0.127. The number of anilines is 1. The van der Waals surface area contributed by atoms with Gasteiger partial charge in [-0.15, -0.1) is 0 Å².